The van der Waals surface area contributed by atoms with Crippen molar-refractivity contribution >= 4 is 23.5 Å². The standard InChI is InChI=1S/C30H45N7O/c1-23(2)26-11-5-6-12-27(26)33-30(38)36-20-14-25(15-21-36)37-19-9-10-24(22-37)32-29-31-16-13-28(34-29)35-17-7-3-4-8-18-35/h5-6,11-13,16,23-25H,3-4,7-10,14-15,17-22H2,1-2H3,(H,33,38)(H,31,32,34). The summed E-state index contributed by atoms with van der Waals surface area (Å²) in [6.45, 7) is 10.3. The molecule has 1 atom stereocenters. The number of urea groups is 1. The van der Waals surface area contributed by atoms with Gasteiger partial charge in [-0.3, -0.25) is 4.90 Å². The van der Waals surface area contributed by atoms with Crippen LogP contribution in [0, 0.1) is 0 Å². The molecule has 0 aliphatic carbocycles. The van der Waals surface area contributed by atoms with Crippen LogP contribution in [0.3, 0.4) is 0 Å². The third-order valence-corrected chi connectivity index (χ3v) is 8.45. The zero-order valence-corrected chi connectivity index (χ0v) is 23.2. The van der Waals surface area contributed by atoms with Gasteiger partial charge in [0, 0.05) is 56.7 Å². The molecule has 206 valence electrons. The van der Waals surface area contributed by atoms with Crippen molar-refractivity contribution in [2.24, 2.45) is 0 Å². The molecule has 5 rings (SSSR count). The summed E-state index contributed by atoms with van der Waals surface area (Å²) in [5, 5.41) is 6.82. The molecule has 3 fully saturated rings. The molecule has 2 N–H and O–H groups in total. The Morgan fingerprint density at radius 1 is 0.921 bits per heavy atom. The molecular formula is C30H45N7O. The van der Waals surface area contributed by atoms with Gasteiger partial charge in [0.2, 0.25) is 5.95 Å². The number of anilines is 3. The number of likely N-dealkylation sites (tertiary alicyclic amines) is 2. The molecule has 1 aromatic heterocycles. The first-order valence-corrected chi connectivity index (χ1v) is 14.8. The van der Waals surface area contributed by atoms with Gasteiger partial charge in [-0.15, -0.1) is 0 Å². The molecule has 38 heavy (non-hydrogen) atoms. The predicted molar refractivity (Wildman–Crippen MR) is 155 cm³/mol. The zero-order chi connectivity index (χ0) is 26.3. The second-order valence-electron chi connectivity index (χ2n) is 11.5. The molecule has 3 aliphatic rings. The second-order valence-corrected chi connectivity index (χ2v) is 11.5. The molecule has 0 saturated carbocycles. The average molecular weight is 520 g/mol. The highest BCUT2D eigenvalue weighted by Crippen LogP contribution is 2.26. The lowest BCUT2D eigenvalue weighted by Gasteiger charge is -2.42. The molecule has 1 aromatic carbocycles. The summed E-state index contributed by atoms with van der Waals surface area (Å²) in [5.41, 5.74) is 2.12. The highest BCUT2D eigenvalue weighted by atomic mass is 16.2. The van der Waals surface area contributed by atoms with Crippen molar-refractivity contribution in [2.45, 2.75) is 83.2 Å². The number of hydrogen-bond acceptors (Lipinski definition) is 6. The van der Waals surface area contributed by atoms with Gasteiger partial charge >= 0.3 is 6.03 Å². The molecule has 0 radical (unpaired) electrons. The molecule has 3 aliphatic heterocycles. The van der Waals surface area contributed by atoms with E-state index in [0.717, 1.165) is 76.0 Å². The van der Waals surface area contributed by atoms with Crippen LogP contribution in [0.25, 0.3) is 0 Å². The van der Waals surface area contributed by atoms with Crippen LogP contribution >= 0.6 is 0 Å². The van der Waals surface area contributed by atoms with Crippen LogP contribution in [0.5, 0.6) is 0 Å². The van der Waals surface area contributed by atoms with E-state index in [0.29, 0.717) is 18.0 Å². The number of nitrogens with zero attached hydrogens (tertiary/aromatic N) is 5. The van der Waals surface area contributed by atoms with Crippen molar-refractivity contribution in [2.75, 3.05) is 54.8 Å². The Bertz CT molecular complexity index is 1040. The normalized spacial score (nSPS) is 21.8. The summed E-state index contributed by atoms with van der Waals surface area (Å²) in [4.78, 5) is 29.5. The van der Waals surface area contributed by atoms with E-state index in [4.69, 9.17) is 4.98 Å². The van der Waals surface area contributed by atoms with Crippen LogP contribution in [0.1, 0.15) is 76.7 Å². The number of hydrogen-bond donors (Lipinski definition) is 2. The summed E-state index contributed by atoms with van der Waals surface area (Å²) in [7, 11) is 0. The van der Waals surface area contributed by atoms with E-state index in [2.05, 4.69) is 51.4 Å². The molecule has 8 nitrogen and oxygen atoms in total. The van der Waals surface area contributed by atoms with E-state index in [-0.39, 0.29) is 6.03 Å². The number of para-hydroxylation sites is 1. The average Bonchev–Trinajstić information content (AvgIpc) is 3.24. The molecule has 1 unspecified atom stereocenters. The van der Waals surface area contributed by atoms with Gasteiger partial charge < -0.3 is 20.4 Å². The summed E-state index contributed by atoms with van der Waals surface area (Å²) in [6.07, 6.45) is 11.4. The van der Waals surface area contributed by atoms with Gasteiger partial charge in [-0.1, -0.05) is 44.9 Å². The van der Waals surface area contributed by atoms with Crippen molar-refractivity contribution in [1.82, 2.24) is 19.8 Å². The molecular weight excluding hydrogens is 474 g/mol. The first-order valence-electron chi connectivity index (χ1n) is 14.8. The Hall–Kier alpha value is -2.87. The minimum absolute atomic E-state index is 0.0242. The number of amides is 2. The summed E-state index contributed by atoms with van der Waals surface area (Å²) >= 11 is 0. The number of benzene rings is 1. The molecule has 3 saturated heterocycles. The van der Waals surface area contributed by atoms with Gasteiger partial charge in [-0.25, -0.2) is 9.78 Å². The van der Waals surface area contributed by atoms with Crippen LogP contribution in [-0.4, -0.2) is 77.2 Å². The van der Waals surface area contributed by atoms with E-state index in [1.807, 2.05) is 29.3 Å². The summed E-state index contributed by atoms with van der Waals surface area (Å²) in [6, 6.07) is 11.1. The number of carbonyl (C=O) groups excluding carboxylic acids is 1. The fourth-order valence-corrected chi connectivity index (χ4v) is 6.28. The van der Waals surface area contributed by atoms with E-state index < -0.39 is 0 Å². The number of carbonyl (C=O) groups is 1. The number of aromatic nitrogens is 2. The van der Waals surface area contributed by atoms with E-state index >= 15 is 0 Å². The first kappa shape index (κ1) is 26.7. The van der Waals surface area contributed by atoms with Crippen LogP contribution in [0.4, 0.5) is 22.2 Å². The van der Waals surface area contributed by atoms with Crippen LogP contribution in [0.15, 0.2) is 36.5 Å². The van der Waals surface area contributed by atoms with Gasteiger partial charge in [0.1, 0.15) is 5.82 Å². The number of nitrogens with one attached hydrogen (secondary N) is 2. The zero-order valence-electron chi connectivity index (χ0n) is 23.2. The molecule has 2 aromatic rings. The topological polar surface area (TPSA) is 76.6 Å². The quantitative estimate of drug-likeness (QED) is 0.521. The lowest BCUT2D eigenvalue weighted by Crippen LogP contribution is -2.52. The van der Waals surface area contributed by atoms with Crippen molar-refractivity contribution < 1.29 is 4.79 Å². The smallest absolute Gasteiger partial charge is 0.321 e. The van der Waals surface area contributed by atoms with Gasteiger partial charge in [0.25, 0.3) is 0 Å². The Labute approximate surface area is 228 Å². The number of piperidine rings is 2. The third-order valence-electron chi connectivity index (χ3n) is 8.45. The molecule has 4 heterocycles. The third kappa shape index (κ3) is 6.76. The highest BCUT2D eigenvalue weighted by Gasteiger charge is 2.31. The van der Waals surface area contributed by atoms with Crippen LogP contribution in [0.2, 0.25) is 0 Å². The van der Waals surface area contributed by atoms with Crippen molar-refractivity contribution in [3.8, 4) is 0 Å². The first-order chi connectivity index (χ1) is 18.6. The Morgan fingerprint density at radius 3 is 2.45 bits per heavy atom. The molecule has 8 heteroatoms. The van der Waals surface area contributed by atoms with Crippen LogP contribution in [-0.2, 0) is 0 Å². The van der Waals surface area contributed by atoms with E-state index in [9.17, 15) is 4.79 Å². The van der Waals surface area contributed by atoms with E-state index in [1.54, 1.807) is 0 Å². The molecule has 0 spiro atoms. The van der Waals surface area contributed by atoms with Gasteiger partial charge in [-0.05, 0) is 68.7 Å². The largest absolute Gasteiger partial charge is 0.356 e. The SMILES string of the molecule is CC(C)c1ccccc1NC(=O)N1CCC(N2CCCC(Nc3nccc(N4CCCCCC4)n3)C2)CC1. The minimum atomic E-state index is 0.0242. The summed E-state index contributed by atoms with van der Waals surface area (Å²) < 4.78 is 0. The highest BCUT2D eigenvalue weighted by molar-refractivity contribution is 5.90. The van der Waals surface area contributed by atoms with Gasteiger partial charge in [-0.2, -0.15) is 4.98 Å². The monoisotopic (exact) mass is 519 g/mol. The van der Waals surface area contributed by atoms with Crippen molar-refractivity contribution in [1.29, 1.82) is 0 Å². The lowest BCUT2D eigenvalue weighted by molar-refractivity contribution is 0.0997. The Kier molecular flexibility index (Phi) is 8.99. The fourth-order valence-electron chi connectivity index (χ4n) is 6.28. The minimum Gasteiger partial charge on any atom is -0.356 e. The summed E-state index contributed by atoms with van der Waals surface area (Å²) in [5.74, 6) is 2.19. The second kappa shape index (κ2) is 12.8. The maximum absolute atomic E-state index is 13.0. The number of rotatable bonds is 6. The van der Waals surface area contributed by atoms with Crippen molar-refractivity contribution in [3.05, 3.63) is 42.1 Å². The Morgan fingerprint density at radius 2 is 1.68 bits per heavy atom. The maximum Gasteiger partial charge on any atom is 0.321 e. The van der Waals surface area contributed by atoms with Gasteiger partial charge in [0.05, 0.1) is 0 Å². The van der Waals surface area contributed by atoms with Crippen molar-refractivity contribution in [3.63, 3.8) is 0 Å². The lowest BCUT2D eigenvalue weighted by atomic mass is 9.98. The Balaban J connectivity index is 1.12. The molecule has 0 bridgehead atoms. The molecule has 2 amide bonds. The van der Waals surface area contributed by atoms with Gasteiger partial charge in [0.15, 0.2) is 0 Å². The van der Waals surface area contributed by atoms with E-state index in [1.165, 1.54) is 37.7 Å². The fraction of sp³-hybridized carbons (Fsp3) is 0.633. The maximum atomic E-state index is 13.0. The predicted octanol–water partition coefficient (Wildman–Crippen LogP) is 5.55. The van der Waals surface area contributed by atoms with Crippen LogP contribution < -0.4 is 15.5 Å².